The van der Waals surface area contributed by atoms with Crippen molar-refractivity contribution >= 4 is 11.4 Å². The highest BCUT2D eigenvalue weighted by molar-refractivity contribution is 5.67. The van der Waals surface area contributed by atoms with E-state index in [0.717, 1.165) is 35.6 Å². The average Bonchev–Trinajstić information content (AvgIpc) is 3.62. The minimum absolute atomic E-state index is 0.0568. The van der Waals surface area contributed by atoms with Crippen LogP contribution in [0.2, 0.25) is 0 Å². The number of anilines is 2. The number of phenols is 2. The number of nitrogens with zero attached hydrogens (tertiary/aromatic N) is 2. The zero-order chi connectivity index (χ0) is 36.2. The molecule has 2 atom stereocenters. The van der Waals surface area contributed by atoms with E-state index >= 15 is 0 Å². The molecular formula is C44H74N2O2. The summed E-state index contributed by atoms with van der Waals surface area (Å²) in [6.45, 7) is 33.4. The summed E-state index contributed by atoms with van der Waals surface area (Å²) in [5, 5.41) is 22.2. The smallest absolute Gasteiger partial charge is 0.142 e. The fourth-order valence-electron chi connectivity index (χ4n) is 7.47. The molecule has 2 aromatic rings. The lowest BCUT2D eigenvalue weighted by atomic mass is 9.79. The number of aromatic hydroxyl groups is 2. The molecule has 0 bridgehead atoms. The van der Waals surface area contributed by atoms with Crippen molar-refractivity contribution in [1.82, 2.24) is 0 Å². The van der Waals surface area contributed by atoms with Crippen molar-refractivity contribution in [2.45, 2.75) is 195 Å². The van der Waals surface area contributed by atoms with Gasteiger partial charge in [-0.15, -0.1) is 0 Å². The van der Waals surface area contributed by atoms with Gasteiger partial charge in [-0.1, -0.05) is 135 Å². The molecule has 2 unspecified atom stereocenters. The Hall–Kier alpha value is -2.36. The zero-order valence-electron chi connectivity index (χ0n) is 33.7. The van der Waals surface area contributed by atoms with Crippen molar-refractivity contribution in [2.75, 3.05) is 22.9 Å². The van der Waals surface area contributed by atoms with Crippen molar-refractivity contribution in [1.29, 1.82) is 0 Å². The Bertz CT molecular complexity index is 1230. The van der Waals surface area contributed by atoms with Crippen molar-refractivity contribution in [3.63, 3.8) is 0 Å². The van der Waals surface area contributed by atoms with Gasteiger partial charge in [-0.3, -0.25) is 0 Å². The van der Waals surface area contributed by atoms with Crippen molar-refractivity contribution < 1.29 is 10.2 Å². The van der Waals surface area contributed by atoms with Crippen LogP contribution in [0.5, 0.6) is 11.5 Å². The topological polar surface area (TPSA) is 46.9 Å². The quantitative estimate of drug-likeness (QED) is 0.295. The highest BCUT2D eigenvalue weighted by atomic mass is 16.3. The van der Waals surface area contributed by atoms with Crippen LogP contribution in [-0.2, 0) is 21.7 Å². The second-order valence-corrected chi connectivity index (χ2v) is 19.0. The van der Waals surface area contributed by atoms with Gasteiger partial charge >= 0.3 is 0 Å². The zero-order valence-corrected chi connectivity index (χ0v) is 33.7. The van der Waals surface area contributed by atoms with Gasteiger partial charge in [0.05, 0.1) is 11.4 Å². The normalized spacial score (nSPS) is 19.1. The van der Waals surface area contributed by atoms with Crippen LogP contribution < -0.4 is 9.80 Å². The molecule has 2 aliphatic rings. The third-order valence-electron chi connectivity index (χ3n) is 10.7. The summed E-state index contributed by atoms with van der Waals surface area (Å²) >= 11 is 0. The van der Waals surface area contributed by atoms with Crippen LogP contribution >= 0.6 is 0 Å². The summed E-state index contributed by atoms with van der Waals surface area (Å²) in [5.74, 6) is 0.998. The molecule has 0 amide bonds. The summed E-state index contributed by atoms with van der Waals surface area (Å²) in [5.41, 5.74) is 6.97. The summed E-state index contributed by atoms with van der Waals surface area (Å²) in [4.78, 5) is 4.96. The third-order valence-corrected chi connectivity index (χ3v) is 10.7. The van der Waals surface area contributed by atoms with Crippen LogP contribution in [0.25, 0.3) is 0 Å². The van der Waals surface area contributed by atoms with Gasteiger partial charge in [-0.05, 0) is 83.4 Å². The summed E-state index contributed by atoms with van der Waals surface area (Å²) in [7, 11) is 0. The minimum atomic E-state index is -0.0568. The van der Waals surface area contributed by atoms with Gasteiger partial charge in [0, 0.05) is 36.3 Å². The monoisotopic (exact) mass is 663 g/mol. The highest BCUT2D eigenvalue weighted by Crippen LogP contribution is 2.46. The van der Waals surface area contributed by atoms with Gasteiger partial charge < -0.3 is 20.0 Å². The van der Waals surface area contributed by atoms with Crippen molar-refractivity contribution in [3.05, 3.63) is 46.5 Å². The van der Waals surface area contributed by atoms with Gasteiger partial charge in [-0.2, -0.15) is 0 Å². The van der Waals surface area contributed by atoms with E-state index in [9.17, 15) is 10.2 Å². The lowest BCUT2D eigenvalue weighted by Gasteiger charge is -2.33. The molecule has 272 valence electrons. The first-order valence-electron chi connectivity index (χ1n) is 19.4. The summed E-state index contributed by atoms with van der Waals surface area (Å²) in [6, 6.07) is 10.1. The number of benzene rings is 2. The van der Waals surface area contributed by atoms with Crippen LogP contribution in [0.3, 0.4) is 0 Å². The predicted octanol–water partition coefficient (Wildman–Crippen LogP) is 12.3. The molecule has 2 aliphatic heterocycles. The molecular weight excluding hydrogens is 588 g/mol. The van der Waals surface area contributed by atoms with E-state index in [-0.39, 0.29) is 21.7 Å². The SMILES string of the molecule is CCCCC1CCCN1c1cc(C(C)(C)C)cc(C(C)(C)C)c1O.CCCCC1CCCN1c1cc(C(C)(C)C)cc(C(C)(C)C)c1O. The lowest BCUT2D eigenvalue weighted by molar-refractivity contribution is 0.441. The minimum Gasteiger partial charge on any atom is -0.505 e. The first-order valence-corrected chi connectivity index (χ1v) is 19.4. The van der Waals surface area contributed by atoms with E-state index in [1.54, 1.807) is 0 Å². The molecule has 0 aromatic heterocycles. The summed E-state index contributed by atoms with van der Waals surface area (Å²) < 4.78 is 0. The maximum Gasteiger partial charge on any atom is 0.142 e. The first-order chi connectivity index (χ1) is 22.1. The second kappa shape index (κ2) is 15.7. The van der Waals surface area contributed by atoms with Crippen LogP contribution in [-0.4, -0.2) is 35.4 Å². The van der Waals surface area contributed by atoms with Crippen LogP contribution in [0.4, 0.5) is 11.4 Å². The molecule has 2 N–H and O–H groups in total. The number of hydrogen-bond acceptors (Lipinski definition) is 4. The summed E-state index contributed by atoms with van der Waals surface area (Å²) in [6.07, 6.45) is 12.5. The molecule has 48 heavy (non-hydrogen) atoms. The van der Waals surface area contributed by atoms with Crippen LogP contribution in [0.1, 0.15) is 183 Å². The molecule has 2 saturated heterocycles. The maximum atomic E-state index is 11.1. The second-order valence-electron chi connectivity index (χ2n) is 19.0. The van der Waals surface area contributed by atoms with Crippen molar-refractivity contribution in [2.24, 2.45) is 0 Å². The molecule has 2 heterocycles. The highest BCUT2D eigenvalue weighted by Gasteiger charge is 2.33. The Morgan fingerprint density at radius 1 is 0.542 bits per heavy atom. The number of rotatable bonds is 8. The Balaban J connectivity index is 0.000000260. The molecule has 4 heteroatoms. The Labute approximate surface area is 296 Å². The standard InChI is InChI=1S/2C22H37NO/c2*1-8-9-11-17-12-10-13-23(17)19-15-16(21(2,3)4)14-18(20(19)24)22(5,6)7/h2*14-15,17,24H,8-13H2,1-7H3. The van der Waals surface area contributed by atoms with Gasteiger partial charge in [0.25, 0.3) is 0 Å². The maximum absolute atomic E-state index is 11.1. The fraction of sp³-hybridized carbons (Fsp3) is 0.727. The largest absolute Gasteiger partial charge is 0.505 e. The molecule has 0 aliphatic carbocycles. The van der Waals surface area contributed by atoms with Gasteiger partial charge in [0.15, 0.2) is 0 Å². The molecule has 4 rings (SSSR count). The van der Waals surface area contributed by atoms with E-state index in [2.05, 4.69) is 131 Å². The Morgan fingerprint density at radius 2 is 0.875 bits per heavy atom. The molecule has 2 fully saturated rings. The molecule has 0 radical (unpaired) electrons. The Morgan fingerprint density at radius 3 is 1.15 bits per heavy atom. The molecule has 4 nitrogen and oxygen atoms in total. The van der Waals surface area contributed by atoms with Crippen LogP contribution in [0, 0.1) is 0 Å². The first kappa shape index (κ1) is 40.1. The number of phenolic OH excluding ortho intramolecular Hbond substituents is 2. The number of hydrogen-bond donors (Lipinski definition) is 2. The lowest BCUT2D eigenvalue weighted by Crippen LogP contribution is -2.30. The predicted molar refractivity (Wildman–Crippen MR) is 211 cm³/mol. The van der Waals surface area contributed by atoms with Crippen LogP contribution in [0.15, 0.2) is 24.3 Å². The van der Waals surface area contributed by atoms with Gasteiger partial charge in [-0.25, -0.2) is 0 Å². The fourth-order valence-corrected chi connectivity index (χ4v) is 7.47. The molecule has 2 aromatic carbocycles. The Kier molecular flexibility index (Phi) is 13.1. The van der Waals surface area contributed by atoms with Gasteiger partial charge in [0.1, 0.15) is 11.5 Å². The molecule has 0 spiro atoms. The van der Waals surface area contributed by atoms with E-state index in [1.807, 2.05) is 0 Å². The van der Waals surface area contributed by atoms with E-state index in [4.69, 9.17) is 0 Å². The van der Waals surface area contributed by atoms with E-state index in [1.165, 1.54) is 75.3 Å². The molecule has 0 saturated carbocycles. The third kappa shape index (κ3) is 9.87. The number of unbranched alkanes of at least 4 members (excludes halogenated alkanes) is 2. The van der Waals surface area contributed by atoms with Gasteiger partial charge in [0.2, 0.25) is 0 Å². The van der Waals surface area contributed by atoms with E-state index in [0.29, 0.717) is 23.6 Å². The average molecular weight is 663 g/mol. The van der Waals surface area contributed by atoms with Crippen molar-refractivity contribution in [3.8, 4) is 11.5 Å². The van der Waals surface area contributed by atoms with E-state index < -0.39 is 0 Å².